The van der Waals surface area contributed by atoms with Crippen molar-refractivity contribution in [2.24, 2.45) is 7.05 Å². The summed E-state index contributed by atoms with van der Waals surface area (Å²) in [5, 5.41) is 4.45. The first-order chi connectivity index (χ1) is 14.5. The Kier molecular flexibility index (Phi) is 6.36. The number of likely N-dealkylation sites (N-methyl/N-ethyl adjacent to an activating group) is 1. The Hall–Kier alpha value is -2.42. The summed E-state index contributed by atoms with van der Waals surface area (Å²) < 4.78 is 7.71. The van der Waals surface area contributed by atoms with Gasteiger partial charge in [0.15, 0.2) is 10.9 Å². The van der Waals surface area contributed by atoms with Crippen molar-refractivity contribution in [1.82, 2.24) is 14.5 Å². The number of nitrogens with one attached hydrogen (secondary N) is 1. The molecule has 30 heavy (non-hydrogen) atoms. The Morgan fingerprint density at radius 3 is 2.73 bits per heavy atom. The van der Waals surface area contributed by atoms with Crippen LogP contribution in [-0.4, -0.2) is 53.6 Å². The number of furan rings is 1. The van der Waals surface area contributed by atoms with Crippen LogP contribution in [0.15, 0.2) is 52.3 Å². The quantitative estimate of drug-likeness (QED) is 0.579. The van der Waals surface area contributed by atoms with E-state index in [1.165, 1.54) is 0 Å². The van der Waals surface area contributed by atoms with Gasteiger partial charge in [-0.1, -0.05) is 23.4 Å². The van der Waals surface area contributed by atoms with Crippen LogP contribution in [0.25, 0.3) is 0 Å². The van der Waals surface area contributed by atoms with Crippen molar-refractivity contribution in [2.45, 2.75) is 10.9 Å². The van der Waals surface area contributed by atoms with Crippen LogP contribution in [0.3, 0.4) is 0 Å². The topological polar surface area (TPSA) is 66.5 Å². The molecule has 9 heteroatoms. The molecule has 0 atom stereocenters. The number of piperazine rings is 1. The minimum Gasteiger partial charge on any atom is -0.455 e. The van der Waals surface area contributed by atoms with Crippen molar-refractivity contribution >= 4 is 40.6 Å². The van der Waals surface area contributed by atoms with Crippen LogP contribution >= 0.6 is 23.4 Å². The second kappa shape index (κ2) is 9.16. The summed E-state index contributed by atoms with van der Waals surface area (Å²) in [4.78, 5) is 21.7. The zero-order valence-electron chi connectivity index (χ0n) is 17.0. The van der Waals surface area contributed by atoms with Crippen LogP contribution in [0, 0.1) is 0 Å². The SMILES string of the molecule is CN1CCN(c2ccc(Cl)cc2NC(=O)c2ccc(CSc3nccn3C)o2)CC1. The van der Waals surface area contributed by atoms with E-state index in [-0.39, 0.29) is 11.7 Å². The summed E-state index contributed by atoms with van der Waals surface area (Å²) in [6, 6.07) is 9.12. The summed E-state index contributed by atoms with van der Waals surface area (Å²) >= 11 is 7.76. The number of hydrogen-bond donors (Lipinski definition) is 1. The van der Waals surface area contributed by atoms with E-state index in [9.17, 15) is 4.79 Å². The molecule has 7 nitrogen and oxygen atoms in total. The lowest BCUT2D eigenvalue weighted by Gasteiger charge is -2.35. The molecule has 2 aromatic heterocycles. The molecular formula is C21H24ClN5O2S. The number of carbonyl (C=O) groups excluding carboxylic acids is 1. The number of carbonyl (C=O) groups is 1. The van der Waals surface area contributed by atoms with Gasteiger partial charge in [0.2, 0.25) is 0 Å². The lowest BCUT2D eigenvalue weighted by Crippen LogP contribution is -2.44. The van der Waals surface area contributed by atoms with Gasteiger partial charge in [-0.3, -0.25) is 4.79 Å². The highest BCUT2D eigenvalue weighted by Crippen LogP contribution is 2.31. The molecule has 0 bridgehead atoms. The molecule has 0 aliphatic carbocycles. The molecule has 1 aliphatic rings. The molecule has 1 aromatic carbocycles. The van der Waals surface area contributed by atoms with Gasteiger partial charge in [-0.05, 0) is 37.4 Å². The highest BCUT2D eigenvalue weighted by atomic mass is 35.5. The maximum Gasteiger partial charge on any atom is 0.291 e. The largest absolute Gasteiger partial charge is 0.455 e. The van der Waals surface area contributed by atoms with E-state index < -0.39 is 0 Å². The molecule has 4 rings (SSSR count). The fourth-order valence-corrected chi connectivity index (χ4v) is 4.32. The van der Waals surface area contributed by atoms with Gasteiger partial charge in [-0.15, -0.1) is 0 Å². The Morgan fingerprint density at radius 1 is 1.20 bits per heavy atom. The van der Waals surface area contributed by atoms with Crippen molar-refractivity contribution in [3.8, 4) is 0 Å². The number of halogens is 1. The molecule has 0 radical (unpaired) electrons. The third kappa shape index (κ3) is 4.83. The van der Waals surface area contributed by atoms with E-state index in [1.54, 1.807) is 30.1 Å². The van der Waals surface area contributed by atoms with Crippen molar-refractivity contribution < 1.29 is 9.21 Å². The number of nitrogens with zero attached hydrogens (tertiary/aromatic N) is 4. The average molecular weight is 446 g/mol. The minimum atomic E-state index is -0.291. The van der Waals surface area contributed by atoms with Crippen molar-refractivity contribution in [2.75, 3.05) is 43.4 Å². The summed E-state index contributed by atoms with van der Waals surface area (Å²) in [5.74, 6) is 1.30. The first-order valence-corrected chi connectivity index (χ1v) is 11.1. The molecular weight excluding hydrogens is 422 g/mol. The molecule has 1 saturated heterocycles. The van der Waals surface area contributed by atoms with E-state index in [1.807, 2.05) is 36.0 Å². The predicted octanol–water partition coefficient (Wildman–Crippen LogP) is 3.96. The molecule has 0 saturated carbocycles. The Morgan fingerprint density at radius 2 is 2.00 bits per heavy atom. The van der Waals surface area contributed by atoms with Crippen molar-refractivity contribution in [1.29, 1.82) is 0 Å². The first kappa shape index (κ1) is 20.8. The molecule has 1 aliphatic heterocycles. The van der Waals surface area contributed by atoms with E-state index in [0.29, 0.717) is 16.5 Å². The lowest BCUT2D eigenvalue weighted by atomic mass is 10.2. The van der Waals surface area contributed by atoms with E-state index in [0.717, 1.165) is 42.8 Å². The summed E-state index contributed by atoms with van der Waals surface area (Å²) in [6.45, 7) is 3.75. The van der Waals surface area contributed by atoms with Gasteiger partial charge in [0.05, 0.1) is 17.1 Å². The highest BCUT2D eigenvalue weighted by Gasteiger charge is 2.20. The maximum atomic E-state index is 12.8. The molecule has 1 fully saturated rings. The van der Waals surface area contributed by atoms with E-state index >= 15 is 0 Å². The number of aromatic nitrogens is 2. The van der Waals surface area contributed by atoms with Crippen LogP contribution in [0.5, 0.6) is 0 Å². The van der Waals surface area contributed by atoms with Gasteiger partial charge in [0.1, 0.15) is 5.76 Å². The number of aryl methyl sites for hydroxylation is 1. The fourth-order valence-electron chi connectivity index (χ4n) is 3.32. The molecule has 0 unspecified atom stereocenters. The third-order valence-electron chi connectivity index (χ3n) is 5.06. The van der Waals surface area contributed by atoms with Crippen molar-refractivity contribution in [3.63, 3.8) is 0 Å². The van der Waals surface area contributed by atoms with Crippen LogP contribution in [0.1, 0.15) is 16.3 Å². The van der Waals surface area contributed by atoms with Gasteiger partial charge in [-0.2, -0.15) is 0 Å². The highest BCUT2D eigenvalue weighted by molar-refractivity contribution is 7.98. The second-order valence-electron chi connectivity index (χ2n) is 7.28. The Labute approximate surface area is 185 Å². The number of imidazole rings is 1. The van der Waals surface area contributed by atoms with Crippen LogP contribution in [0.4, 0.5) is 11.4 Å². The second-order valence-corrected chi connectivity index (χ2v) is 8.66. The fraction of sp³-hybridized carbons (Fsp3) is 0.333. The van der Waals surface area contributed by atoms with E-state index in [4.69, 9.17) is 16.0 Å². The monoisotopic (exact) mass is 445 g/mol. The molecule has 3 aromatic rings. The number of benzene rings is 1. The third-order valence-corrected chi connectivity index (χ3v) is 6.37. The smallest absolute Gasteiger partial charge is 0.291 e. The van der Waals surface area contributed by atoms with Crippen LogP contribution in [-0.2, 0) is 12.8 Å². The van der Waals surface area contributed by atoms with Crippen molar-refractivity contribution in [3.05, 3.63) is 59.3 Å². The number of hydrogen-bond acceptors (Lipinski definition) is 6. The average Bonchev–Trinajstić information content (AvgIpc) is 3.36. The number of thioether (sulfide) groups is 1. The zero-order chi connectivity index (χ0) is 21.1. The summed E-state index contributed by atoms with van der Waals surface area (Å²) in [7, 11) is 4.06. The first-order valence-electron chi connectivity index (χ1n) is 9.73. The maximum absolute atomic E-state index is 12.8. The Bertz CT molecular complexity index is 1030. The number of rotatable bonds is 6. The van der Waals surface area contributed by atoms with E-state index in [2.05, 4.69) is 27.1 Å². The normalized spacial score (nSPS) is 14.8. The standard InChI is InChI=1S/C21H24ClN5O2S/c1-25-9-11-27(12-10-25)18-5-3-15(22)13-17(18)24-20(28)19-6-4-16(29-19)14-30-21-23-7-8-26(21)2/h3-8,13H,9-12,14H2,1-2H3,(H,24,28). The van der Waals surface area contributed by atoms with Gasteiger partial charge in [0.25, 0.3) is 5.91 Å². The van der Waals surface area contributed by atoms with Gasteiger partial charge < -0.3 is 24.1 Å². The molecule has 158 valence electrons. The molecule has 1 amide bonds. The predicted molar refractivity (Wildman–Crippen MR) is 121 cm³/mol. The number of amides is 1. The molecule has 0 spiro atoms. The minimum absolute atomic E-state index is 0.273. The van der Waals surface area contributed by atoms with Gasteiger partial charge in [-0.25, -0.2) is 4.98 Å². The summed E-state index contributed by atoms with van der Waals surface area (Å²) in [6.07, 6.45) is 3.65. The summed E-state index contributed by atoms with van der Waals surface area (Å²) in [5.41, 5.74) is 1.66. The van der Waals surface area contributed by atoms with Crippen LogP contribution < -0.4 is 10.2 Å². The zero-order valence-corrected chi connectivity index (χ0v) is 18.5. The van der Waals surface area contributed by atoms with Gasteiger partial charge >= 0.3 is 0 Å². The Balaban J connectivity index is 1.44. The number of anilines is 2. The molecule has 3 heterocycles. The van der Waals surface area contributed by atoms with Crippen LogP contribution in [0.2, 0.25) is 5.02 Å². The van der Waals surface area contributed by atoms with Gasteiger partial charge in [0, 0.05) is 50.6 Å². The molecule has 1 N–H and O–H groups in total. The lowest BCUT2D eigenvalue weighted by molar-refractivity contribution is 0.0995.